The topological polar surface area (TPSA) is 69.6 Å². The van der Waals surface area contributed by atoms with Gasteiger partial charge in [0.15, 0.2) is 0 Å². The van der Waals surface area contributed by atoms with Gasteiger partial charge in [0.25, 0.3) is 5.91 Å². The molecular weight excluding hydrogens is 287 g/mol. The molecule has 22 heavy (non-hydrogen) atoms. The van der Waals surface area contributed by atoms with Gasteiger partial charge in [-0.1, -0.05) is 0 Å². The molecule has 0 radical (unpaired) electrons. The summed E-state index contributed by atoms with van der Waals surface area (Å²) in [5.74, 6) is -1.04. The van der Waals surface area contributed by atoms with Crippen LogP contribution in [0.1, 0.15) is 26.7 Å². The third-order valence-electron chi connectivity index (χ3n) is 3.71. The van der Waals surface area contributed by atoms with E-state index in [1.165, 1.54) is 36.1 Å². The lowest BCUT2D eigenvalue weighted by molar-refractivity contribution is -0.130. The van der Waals surface area contributed by atoms with Crippen molar-refractivity contribution < 1.29 is 19.1 Å². The molecule has 1 aromatic rings. The number of carbonyl (C=O) groups excluding carboxylic acids is 2. The highest BCUT2D eigenvalue weighted by molar-refractivity contribution is 6.00. The highest BCUT2D eigenvalue weighted by atomic mass is 19.1. The molecule has 2 N–H and O–H groups in total. The maximum Gasteiger partial charge on any atom is 0.252 e. The molecule has 1 fully saturated rings. The molecule has 1 aliphatic rings. The van der Waals surface area contributed by atoms with Gasteiger partial charge in [0.1, 0.15) is 11.9 Å². The number of carbonyl (C=O) groups is 2. The Morgan fingerprint density at radius 1 is 1.36 bits per heavy atom. The monoisotopic (exact) mass is 308 g/mol. The van der Waals surface area contributed by atoms with Crippen molar-refractivity contribution in [2.75, 3.05) is 11.4 Å². The van der Waals surface area contributed by atoms with Crippen LogP contribution in [0.2, 0.25) is 0 Å². The van der Waals surface area contributed by atoms with Crippen molar-refractivity contribution >= 4 is 17.5 Å². The molecule has 1 aromatic carbocycles. The molecule has 120 valence electrons. The van der Waals surface area contributed by atoms with Crippen LogP contribution >= 0.6 is 0 Å². The van der Waals surface area contributed by atoms with Gasteiger partial charge in [0, 0.05) is 18.2 Å². The third kappa shape index (κ3) is 3.82. The van der Waals surface area contributed by atoms with E-state index in [4.69, 9.17) is 0 Å². The summed E-state index contributed by atoms with van der Waals surface area (Å²) < 4.78 is 13.0. The smallest absolute Gasteiger partial charge is 0.252 e. The van der Waals surface area contributed by atoms with E-state index in [1.54, 1.807) is 6.92 Å². The average molecular weight is 308 g/mol. The molecule has 0 bridgehead atoms. The largest absolute Gasteiger partial charge is 0.391 e. The molecule has 5 nitrogen and oxygen atoms in total. The van der Waals surface area contributed by atoms with E-state index < -0.39 is 18.1 Å². The number of nitrogens with zero attached hydrogens (tertiary/aromatic N) is 1. The van der Waals surface area contributed by atoms with E-state index in [9.17, 15) is 19.1 Å². The van der Waals surface area contributed by atoms with Crippen LogP contribution in [0, 0.1) is 11.7 Å². The van der Waals surface area contributed by atoms with Crippen LogP contribution in [-0.4, -0.2) is 35.6 Å². The average Bonchev–Trinajstić information content (AvgIpc) is 3.31. The number of halogens is 1. The SMILES string of the molecule is CCN(C(=O)C(NC(=O)C1CC1)C(C)O)c1ccc(F)cc1. The molecular formula is C16H21FN2O3. The summed E-state index contributed by atoms with van der Waals surface area (Å²) in [4.78, 5) is 25.9. The number of rotatable bonds is 6. The summed E-state index contributed by atoms with van der Waals surface area (Å²) >= 11 is 0. The van der Waals surface area contributed by atoms with E-state index in [0.717, 1.165) is 12.8 Å². The fraction of sp³-hybridized carbons (Fsp3) is 0.500. The Kier molecular flexibility index (Phi) is 5.13. The number of nitrogens with one attached hydrogen (secondary N) is 1. The number of benzene rings is 1. The van der Waals surface area contributed by atoms with E-state index in [2.05, 4.69) is 5.32 Å². The van der Waals surface area contributed by atoms with Crippen molar-refractivity contribution in [1.29, 1.82) is 0 Å². The molecule has 6 heteroatoms. The lowest BCUT2D eigenvalue weighted by Gasteiger charge is -2.28. The van der Waals surface area contributed by atoms with Gasteiger partial charge in [-0.25, -0.2) is 4.39 Å². The molecule has 2 amide bonds. The second-order valence-electron chi connectivity index (χ2n) is 5.56. The van der Waals surface area contributed by atoms with E-state index in [1.807, 2.05) is 0 Å². The van der Waals surface area contributed by atoms with Crippen LogP contribution in [0.15, 0.2) is 24.3 Å². The van der Waals surface area contributed by atoms with Crippen LogP contribution in [0.3, 0.4) is 0 Å². The third-order valence-corrected chi connectivity index (χ3v) is 3.71. The van der Waals surface area contributed by atoms with Gasteiger partial charge >= 0.3 is 0 Å². The normalized spacial score (nSPS) is 16.7. The number of aliphatic hydroxyl groups is 1. The minimum absolute atomic E-state index is 0.0463. The molecule has 0 aliphatic heterocycles. The van der Waals surface area contributed by atoms with Crippen LogP contribution in [0.5, 0.6) is 0 Å². The zero-order valence-corrected chi connectivity index (χ0v) is 12.8. The van der Waals surface area contributed by atoms with Crippen molar-refractivity contribution in [2.24, 2.45) is 5.92 Å². The number of amides is 2. The Bertz CT molecular complexity index is 541. The lowest BCUT2D eigenvalue weighted by atomic mass is 10.1. The Hall–Kier alpha value is -1.95. The fourth-order valence-corrected chi connectivity index (χ4v) is 2.26. The number of hydrogen-bond acceptors (Lipinski definition) is 3. The van der Waals surface area contributed by atoms with Crippen LogP contribution in [0.4, 0.5) is 10.1 Å². The van der Waals surface area contributed by atoms with Crippen molar-refractivity contribution in [2.45, 2.75) is 38.8 Å². The Labute approximate surface area is 129 Å². The number of likely N-dealkylation sites (N-methyl/N-ethyl adjacent to an activating group) is 1. The summed E-state index contributed by atoms with van der Waals surface area (Å²) in [5.41, 5.74) is 0.528. The second-order valence-corrected chi connectivity index (χ2v) is 5.56. The van der Waals surface area contributed by atoms with Gasteiger partial charge in [0.2, 0.25) is 5.91 Å². The minimum atomic E-state index is -1.01. The number of hydrogen-bond donors (Lipinski definition) is 2. The highest BCUT2D eigenvalue weighted by Crippen LogP contribution is 2.29. The maximum absolute atomic E-state index is 13.0. The number of aliphatic hydroxyl groups excluding tert-OH is 1. The molecule has 0 saturated heterocycles. The van der Waals surface area contributed by atoms with Crippen LogP contribution in [0.25, 0.3) is 0 Å². The summed E-state index contributed by atoms with van der Waals surface area (Å²) in [6.45, 7) is 3.60. The minimum Gasteiger partial charge on any atom is -0.391 e. The summed E-state index contributed by atoms with van der Waals surface area (Å²) in [5, 5.41) is 12.5. The zero-order chi connectivity index (χ0) is 16.3. The molecule has 0 heterocycles. The molecule has 2 rings (SSSR count). The van der Waals surface area contributed by atoms with E-state index in [-0.39, 0.29) is 17.6 Å². The van der Waals surface area contributed by atoms with Gasteiger partial charge in [-0.15, -0.1) is 0 Å². The van der Waals surface area contributed by atoms with Gasteiger partial charge < -0.3 is 15.3 Å². The number of anilines is 1. The van der Waals surface area contributed by atoms with Crippen molar-refractivity contribution in [1.82, 2.24) is 5.32 Å². The predicted octanol–water partition coefficient (Wildman–Crippen LogP) is 1.45. The quantitative estimate of drug-likeness (QED) is 0.836. The van der Waals surface area contributed by atoms with Gasteiger partial charge in [-0.05, 0) is 51.0 Å². The molecule has 2 unspecified atom stereocenters. The Morgan fingerprint density at radius 2 is 1.95 bits per heavy atom. The molecule has 1 aliphatic carbocycles. The fourth-order valence-electron chi connectivity index (χ4n) is 2.26. The van der Waals surface area contributed by atoms with E-state index in [0.29, 0.717) is 12.2 Å². The van der Waals surface area contributed by atoms with Crippen LogP contribution in [-0.2, 0) is 9.59 Å². The Balaban J connectivity index is 2.15. The van der Waals surface area contributed by atoms with Gasteiger partial charge in [0.05, 0.1) is 6.10 Å². The lowest BCUT2D eigenvalue weighted by Crippen LogP contribution is -2.54. The highest BCUT2D eigenvalue weighted by Gasteiger charge is 2.35. The van der Waals surface area contributed by atoms with Gasteiger partial charge in [-0.3, -0.25) is 9.59 Å². The molecule has 0 spiro atoms. The van der Waals surface area contributed by atoms with Crippen molar-refractivity contribution in [3.8, 4) is 0 Å². The van der Waals surface area contributed by atoms with Crippen molar-refractivity contribution in [3.05, 3.63) is 30.1 Å². The molecule has 2 atom stereocenters. The zero-order valence-electron chi connectivity index (χ0n) is 12.8. The molecule has 1 saturated carbocycles. The van der Waals surface area contributed by atoms with Crippen molar-refractivity contribution in [3.63, 3.8) is 0 Å². The predicted molar refractivity (Wildman–Crippen MR) is 80.8 cm³/mol. The van der Waals surface area contributed by atoms with E-state index >= 15 is 0 Å². The Morgan fingerprint density at radius 3 is 2.41 bits per heavy atom. The summed E-state index contributed by atoms with van der Waals surface area (Å²) in [6.07, 6.45) is 0.633. The van der Waals surface area contributed by atoms with Crippen LogP contribution < -0.4 is 10.2 Å². The first-order valence-corrected chi connectivity index (χ1v) is 7.49. The maximum atomic E-state index is 13.0. The summed E-state index contributed by atoms with van der Waals surface area (Å²) in [6, 6.07) is 4.53. The second kappa shape index (κ2) is 6.87. The summed E-state index contributed by atoms with van der Waals surface area (Å²) in [7, 11) is 0. The molecule has 0 aromatic heterocycles. The standard InChI is InChI=1S/C16H21FN2O3/c1-3-19(13-8-6-12(17)7-9-13)16(22)14(10(2)20)18-15(21)11-4-5-11/h6-11,14,20H,3-5H2,1-2H3,(H,18,21). The first-order chi connectivity index (χ1) is 10.4. The van der Waals surface area contributed by atoms with Gasteiger partial charge in [-0.2, -0.15) is 0 Å². The first kappa shape index (κ1) is 16.4. The first-order valence-electron chi connectivity index (χ1n) is 7.49.